The maximum absolute atomic E-state index is 9.93. The van der Waals surface area contributed by atoms with Gasteiger partial charge >= 0.3 is 0 Å². The molecule has 6 heteroatoms. The van der Waals surface area contributed by atoms with E-state index in [1.807, 2.05) is 18.2 Å². The number of ether oxygens (including phenoxy) is 3. The van der Waals surface area contributed by atoms with Gasteiger partial charge in [0.15, 0.2) is 17.8 Å². The van der Waals surface area contributed by atoms with Crippen molar-refractivity contribution in [2.24, 2.45) is 0 Å². The van der Waals surface area contributed by atoms with Crippen molar-refractivity contribution in [2.45, 2.75) is 161 Å². The first-order chi connectivity index (χ1) is 19.6. The molecule has 234 valence electrons. The summed E-state index contributed by atoms with van der Waals surface area (Å²) in [4.78, 5) is 0. The number of hydrogen-bond donors (Lipinski definition) is 3. The van der Waals surface area contributed by atoms with E-state index in [1.165, 1.54) is 103 Å². The number of hydrogen-bond acceptors (Lipinski definition) is 6. The van der Waals surface area contributed by atoms with Crippen LogP contribution in [0.25, 0.3) is 0 Å². The quantitative estimate of drug-likeness (QED) is 0.0666. The van der Waals surface area contributed by atoms with Gasteiger partial charge in [-0.3, -0.25) is 0 Å². The van der Waals surface area contributed by atoms with E-state index in [0.717, 1.165) is 31.2 Å². The van der Waals surface area contributed by atoms with E-state index in [2.05, 4.69) is 13.8 Å². The molecule has 0 aliphatic heterocycles. The Balaban J connectivity index is 2.45. The first kappa shape index (κ1) is 36.7. The highest BCUT2D eigenvalue weighted by Crippen LogP contribution is 2.33. The summed E-state index contributed by atoms with van der Waals surface area (Å²) in [5.74, 6) is 1.34. The van der Waals surface area contributed by atoms with Crippen molar-refractivity contribution in [1.29, 1.82) is 0 Å². The maximum Gasteiger partial charge on any atom is 0.183 e. The van der Waals surface area contributed by atoms with Gasteiger partial charge in [0, 0.05) is 5.56 Å². The van der Waals surface area contributed by atoms with Crippen LogP contribution in [0.3, 0.4) is 0 Å². The summed E-state index contributed by atoms with van der Waals surface area (Å²) in [7, 11) is 0. The summed E-state index contributed by atoms with van der Waals surface area (Å²) in [6.45, 7) is 5.25. The molecule has 0 aliphatic rings. The molecule has 0 amide bonds. The van der Waals surface area contributed by atoms with Gasteiger partial charge in [-0.2, -0.15) is 0 Å². The molecule has 6 nitrogen and oxygen atoms in total. The summed E-state index contributed by atoms with van der Waals surface area (Å²) < 4.78 is 17.8. The molecule has 0 saturated heterocycles. The number of aliphatic hydroxyl groups excluding tert-OH is 3. The Morgan fingerprint density at radius 3 is 1.52 bits per heavy atom. The standard InChI is InChI=1S/C34H62O6/c1-3-5-7-9-11-13-15-17-19-21-26-38-32-25-23-24-30(29-40-34(37)31(36)28-35)33(32)39-27-22-20-18-16-14-12-10-8-6-4-2/h23-25,31,34-37H,3-22,26-29H2,1-2H3. The lowest BCUT2D eigenvalue weighted by Gasteiger charge is -2.19. The summed E-state index contributed by atoms with van der Waals surface area (Å²) in [6, 6.07) is 5.71. The normalized spacial score (nSPS) is 12.9. The zero-order chi connectivity index (χ0) is 29.1. The van der Waals surface area contributed by atoms with Gasteiger partial charge < -0.3 is 29.5 Å². The summed E-state index contributed by atoms with van der Waals surface area (Å²) >= 11 is 0. The number of aliphatic hydroxyl groups is 3. The van der Waals surface area contributed by atoms with Gasteiger partial charge in [-0.25, -0.2) is 0 Å². The highest BCUT2D eigenvalue weighted by atomic mass is 16.6. The Morgan fingerprint density at radius 2 is 1.05 bits per heavy atom. The van der Waals surface area contributed by atoms with E-state index in [-0.39, 0.29) is 6.61 Å². The minimum atomic E-state index is -1.46. The summed E-state index contributed by atoms with van der Waals surface area (Å²) in [5.41, 5.74) is 0.761. The van der Waals surface area contributed by atoms with Crippen molar-refractivity contribution in [3.63, 3.8) is 0 Å². The van der Waals surface area contributed by atoms with Gasteiger partial charge in [0.05, 0.1) is 26.4 Å². The largest absolute Gasteiger partial charge is 0.490 e. The number of para-hydroxylation sites is 1. The number of unbranched alkanes of at least 4 members (excludes halogenated alkanes) is 18. The van der Waals surface area contributed by atoms with Gasteiger partial charge in [0.25, 0.3) is 0 Å². The fourth-order valence-corrected chi connectivity index (χ4v) is 4.86. The maximum atomic E-state index is 9.93. The molecule has 0 spiro atoms. The molecule has 40 heavy (non-hydrogen) atoms. The Bertz CT molecular complexity index is 682. The molecule has 2 unspecified atom stereocenters. The van der Waals surface area contributed by atoms with Crippen LogP contribution in [0.15, 0.2) is 18.2 Å². The first-order valence-electron chi connectivity index (χ1n) is 16.6. The molecule has 2 atom stereocenters. The van der Waals surface area contributed by atoms with Gasteiger partial charge in [-0.1, -0.05) is 142 Å². The Labute approximate surface area is 245 Å². The SMILES string of the molecule is CCCCCCCCCCCCOc1cccc(COC(O)C(O)CO)c1OCCCCCCCCCCCC. The van der Waals surface area contributed by atoms with E-state index in [1.54, 1.807) is 0 Å². The van der Waals surface area contributed by atoms with E-state index in [4.69, 9.17) is 19.3 Å². The predicted octanol–water partition coefficient (Wildman–Crippen LogP) is 8.47. The van der Waals surface area contributed by atoms with Gasteiger partial charge in [0.1, 0.15) is 6.10 Å². The smallest absolute Gasteiger partial charge is 0.183 e. The molecule has 3 N–H and O–H groups in total. The van der Waals surface area contributed by atoms with Crippen molar-refractivity contribution < 1.29 is 29.5 Å². The van der Waals surface area contributed by atoms with Crippen LogP contribution in [0.5, 0.6) is 11.5 Å². The number of benzene rings is 1. The molecule has 0 saturated carbocycles. The average Bonchev–Trinajstić information content (AvgIpc) is 2.97. The fourth-order valence-electron chi connectivity index (χ4n) is 4.86. The van der Waals surface area contributed by atoms with Crippen molar-refractivity contribution in [1.82, 2.24) is 0 Å². The van der Waals surface area contributed by atoms with Gasteiger partial charge in [-0.05, 0) is 18.9 Å². The van der Waals surface area contributed by atoms with Crippen LogP contribution in [0.4, 0.5) is 0 Å². The second kappa shape index (κ2) is 26.6. The lowest BCUT2D eigenvalue weighted by molar-refractivity contribution is -0.177. The zero-order valence-electron chi connectivity index (χ0n) is 25.9. The molecular formula is C34H62O6. The molecule has 1 aromatic rings. The van der Waals surface area contributed by atoms with Crippen LogP contribution in [0.1, 0.15) is 148 Å². The second-order valence-electron chi connectivity index (χ2n) is 11.3. The third kappa shape index (κ3) is 18.9. The first-order valence-corrected chi connectivity index (χ1v) is 16.6. The topological polar surface area (TPSA) is 88.4 Å². The minimum Gasteiger partial charge on any atom is -0.490 e. The van der Waals surface area contributed by atoms with Gasteiger partial charge in [-0.15, -0.1) is 0 Å². The highest BCUT2D eigenvalue weighted by Gasteiger charge is 2.18. The number of rotatable bonds is 29. The molecule has 0 bridgehead atoms. The van der Waals surface area contributed by atoms with Crippen LogP contribution in [-0.2, 0) is 11.3 Å². The van der Waals surface area contributed by atoms with Crippen LogP contribution < -0.4 is 9.47 Å². The molecular weight excluding hydrogens is 504 g/mol. The molecule has 0 aromatic heterocycles. The third-order valence-corrected chi connectivity index (χ3v) is 7.49. The fraction of sp³-hybridized carbons (Fsp3) is 0.824. The molecule has 1 aromatic carbocycles. The van der Waals surface area contributed by atoms with E-state index in [0.29, 0.717) is 24.7 Å². The predicted molar refractivity (Wildman–Crippen MR) is 165 cm³/mol. The monoisotopic (exact) mass is 566 g/mol. The lowest BCUT2D eigenvalue weighted by atomic mass is 10.1. The third-order valence-electron chi connectivity index (χ3n) is 7.49. The van der Waals surface area contributed by atoms with E-state index < -0.39 is 19.0 Å². The summed E-state index contributed by atoms with van der Waals surface area (Å²) in [5, 5.41) is 28.6. The molecule has 0 radical (unpaired) electrons. The van der Waals surface area contributed by atoms with Crippen molar-refractivity contribution in [3.05, 3.63) is 23.8 Å². The highest BCUT2D eigenvalue weighted by molar-refractivity contribution is 5.46. The molecule has 0 aliphatic carbocycles. The molecule has 0 fully saturated rings. The van der Waals surface area contributed by atoms with Crippen molar-refractivity contribution >= 4 is 0 Å². The van der Waals surface area contributed by atoms with Crippen LogP contribution in [-0.4, -0.2) is 47.5 Å². The molecule has 0 heterocycles. The Hall–Kier alpha value is -1.34. The van der Waals surface area contributed by atoms with Crippen LogP contribution >= 0.6 is 0 Å². The van der Waals surface area contributed by atoms with Crippen molar-refractivity contribution in [3.8, 4) is 11.5 Å². The average molecular weight is 567 g/mol. The van der Waals surface area contributed by atoms with Crippen LogP contribution in [0, 0.1) is 0 Å². The zero-order valence-corrected chi connectivity index (χ0v) is 25.9. The Morgan fingerprint density at radius 1 is 0.600 bits per heavy atom. The molecule has 1 rings (SSSR count). The summed E-state index contributed by atoms with van der Waals surface area (Å²) in [6.07, 6.45) is 22.7. The lowest BCUT2D eigenvalue weighted by Crippen LogP contribution is -2.31. The minimum absolute atomic E-state index is 0.0566. The Kier molecular flexibility index (Phi) is 24.4. The van der Waals surface area contributed by atoms with E-state index >= 15 is 0 Å². The second-order valence-corrected chi connectivity index (χ2v) is 11.3. The van der Waals surface area contributed by atoms with E-state index in [9.17, 15) is 10.2 Å². The van der Waals surface area contributed by atoms with Crippen molar-refractivity contribution in [2.75, 3.05) is 19.8 Å². The van der Waals surface area contributed by atoms with Crippen LogP contribution in [0.2, 0.25) is 0 Å². The van der Waals surface area contributed by atoms with Gasteiger partial charge in [0.2, 0.25) is 0 Å².